The third kappa shape index (κ3) is 4.71. The van der Waals surface area contributed by atoms with Gasteiger partial charge in [0, 0.05) is 35.6 Å². The maximum Gasteiger partial charge on any atom is 0.242 e. The van der Waals surface area contributed by atoms with Gasteiger partial charge in [-0.15, -0.1) is 0 Å². The van der Waals surface area contributed by atoms with Crippen LogP contribution in [-0.4, -0.2) is 35.0 Å². The first-order chi connectivity index (χ1) is 13.5. The highest BCUT2D eigenvalue weighted by Gasteiger charge is 2.23. The Morgan fingerprint density at radius 1 is 1.14 bits per heavy atom. The number of benzene rings is 2. The van der Waals surface area contributed by atoms with Crippen molar-refractivity contribution in [3.05, 3.63) is 70.9 Å². The van der Waals surface area contributed by atoms with Crippen LogP contribution < -0.4 is 10.6 Å². The molecule has 3 aromatic rings. The summed E-state index contributed by atoms with van der Waals surface area (Å²) in [7, 11) is 1.53. The van der Waals surface area contributed by atoms with Crippen LogP contribution in [0.1, 0.15) is 23.7 Å². The Balaban J connectivity index is 1.69. The van der Waals surface area contributed by atoms with E-state index in [-0.39, 0.29) is 12.3 Å². The second kappa shape index (κ2) is 8.91. The number of halogens is 1. The van der Waals surface area contributed by atoms with Crippen LogP contribution in [0.3, 0.4) is 0 Å². The fraction of sp³-hybridized carbons (Fsp3) is 0.238. The zero-order valence-corrected chi connectivity index (χ0v) is 16.2. The third-order valence-electron chi connectivity index (χ3n) is 4.63. The molecule has 28 heavy (non-hydrogen) atoms. The van der Waals surface area contributed by atoms with Crippen LogP contribution in [0.2, 0.25) is 5.02 Å². The highest BCUT2D eigenvalue weighted by atomic mass is 35.5. The highest BCUT2D eigenvalue weighted by molar-refractivity contribution is 6.30. The predicted molar refractivity (Wildman–Crippen MR) is 109 cm³/mol. The van der Waals surface area contributed by atoms with Crippen molar-refractivity contribution in [1.82, 2.24) is 15.6 Å². The average Bonchev–Trinajstić information content (AvgIpc) is 3.10. The molecule has 3 rings (SSSR count). The Bertz CT molecular complexity index is 968. The molecule has 0 radical (unpaired) electrons. The average molecular weight is 400 g/mol. The lowest BCUT2D eigenvalue weighted by atomic mass is 10.0. The molecular formula is C21H22ClN3O3. The first-order valence-electron chi connectivity index (χ1n) is 8.97. The van der Waals surface area contributed by atoms with Crippen molar-refractivity contribution < 1.29 is 14.7 Å². The van der Waals surface area contributed by atoms with Crippen molar-refractivity contribution in [2.75, 3.05) is 7.05 Å². The summed E-state index contributed by atoms with van der Waals surface area (Å²) >= 11 is 5.84. The van der Waals surface area contributed by atoms with Gasteiger partial charge in [-0.2, -0.15) is 0 Å². The van der Waals surface area contributed by atoms with Crippen molar-refractivity contribution >= 4 is 34.3 Å². The Morgan fingerprint density at radius 2 is 1.86 bits per heavy atom. The molecule has 0 spiro atoms. The monoisotopic (exact) mass is 399 g/mol. The molecule has 7 heteroatoms. The molecule has 0 aliphatic rings. The first kappa shape index (κ1) is 19.9. The maximum atomic E-state index is 12.4. The minimum atomic E-state index is -0.976. The van der Waals surface area contributed by atoms with Crippen molar-refractivity contribution in [3.8, 4) is 0 Å². The topological polar surface area (TPSA) is 94.2 Å². The maximum absolute atomic E-state index is 12.4. The predicted octanol–water partition coefficient (Wildman–Crippen LogP) is 2.72. The van der Waals surface area contributed by atoms with Gasteiger partial charge in [0.2, 0.25) is 11.8 Å². The Hall–Kier alpha value is -2.83. The molecule has 1 heterocycles. The largest absolute Gasteiger partial charge is 0.388 e. The molecule has 1 unspecified atom stereocenters. The fourth-order valence-corrected chi connectivity index (χ4v) is 3.26. The van der Waals surface area contributed by atoms with E-state index in [1.807, 2.05) is 30.5 Å². The summed E-state index contributed by atoms with van der Waals surface area (Å²) < 4.78 is 0. The lowest BCUT2D eigenvalue weighted by Gasteiger charge is -2.18. The Labute approximate surface area is 167 Å². The third-order valence-corrected chi connectivity index (χ3v) is 4.88. The number of aromatic nitrogens is 1. The van der Waals surface area contributed by atoms with Crippen LogP contribution in [0.25, 0.3) is 10.9 Å². The smallest absolute Gasteiger partial charge is 0.242 e. The van der Waals surface area contributed by atoms with Crippen molar-refractivity contribution in [3.63, 3.8) is 0 Å². The van der Waals surface area contributed by atoms with Gasteiger partial charge in [0.1, 0.15) is 6.04 Å². The van der Waals surface area contributed by atoms with Gasteiger partial charge in [-0.25, -0.2) is 0 Å². The number of hydrogen-bond donors (Lipinski definition) is 4. The summed E-state index contributed by atoms with van der Waals surface area (Å²) in [5.74, 6) is -0.699. The second-order valence-corrected chi connectivity index (χ2v) is 7.01. The van der Waals surface area contributed by atoms with E-state index in [2.05, 4.69) is 15.6 Å². The molecule has 0 saturated heterocycles. The lowest BCUT2D eigenvalue weighted by Crippen LogP contribution is -2.47. The van der Waals surface area contributed by atoms with E-state index in [1.54, 1.807) is 24.3 Å². The summed E-state index contributed by atoms with van der Waals surface area (Å²) in [6, 6.07) is 13.7. The van der Waals surface area contributed by atoms with Gasteiger partial charge in [0.05, 0.1) is 12.5 Å². The quantitative estimate of drug-likeness (QED) is 0.492. The van der Waals surface area contributed by atoms with Crippen LogP contribution in [-0.2, 0) is 16.0 Å². The number of H-pyrrole nitrogens is 1. The van der Waals surface area contributed by atoms with E-state index in [9.17, 15) is 14.7 Å². The minimum Gasteiger partial charge on any atom is -0.388 e. The van der Waals surface area contributed by atoms with E-state index in [0.717, 1.165) is 16.5 Å². The zero-order valence-electron chi connectivity index (χ0n) is 15.4. The molecule has 6 nitrogen and oxygen atoms in total. The standard InChI is InChI=1S/C21H22ClN3O3/c1-23-21(28)18(10-14-12-24-17-5-3-2-4-16(14)17)25-20(27)11-19(26)13-6-8-15(22)9-7-13/h2-9,12,18-19,24,26H,10-11H2,1H3,(H,23,28)(H,25,27)/t18-,19?/m0/s1. The number of amides is 2. The molecule has 1 aromatic heterocycles. The summed E-state index contributed by atoms with van der Waals surface area (Å²) in [5.41, 5.74) is 2.49. The van der Waals surface area contributed by atoms with Gasteiger partial charge in [-0.1, -0.05) is 41.9 Å². The first-order valence-corrected chi connectivity index (χ1v) is 9.35. The number of fused-ring (bicyclic) bond motifs is 1. The number of rotatable bonds is 7. The molecule has 0 aliphatic carbocycles. The van der Waals surface area contributed by atoms with Crippen molar-refractivity contribution in [1.29, 1.82) is 0 Å². The number of para-hydroxylation sites is 1. The summed E-state index contributed by atoms with van der Waals surface area (Å²) in [6.07, 6.45) is 1.06. The molecule has 0 fully saturated rings. The zero-order chi connectivity index (χ0) is 20.1. The number of carbonyl (C=O) groups excluding carboxylic acids is 2. The SMILES string of the molecule is CNC(=O)[C@H](Cc1c[nH]c2ccccc12)NC(=O)CC(O)c1ccc(Cl)cc1. The molecule has 2 amide bonds. The van der Waals surface area contributed by atoms with Gasteiger partial charge >= 0.3 is 0 Å². The molecule has 0 saturated carbocycles. The van der Waals surface area contributed by atoms with Gasteiger partial charge in [-0.3, -0.25) is 9.59 Å². The molecule has 2 atom stereocenters. The number of nitrogens with one attached hydrogen (secondary N) is 3. The van der Waals surface area contributed by atoms with E-state index in [4.69, 9.17) is 11.6 Å². The molecular weight excluding hydrogens is 378 g/mol. The van der Waals surface area contributed by atoms with Crippen LogP contribution >= 0.6 is 11.6 Å². The van der Waals surface area contributed by atoms with Gasteiger partial charge in [0.25, 0.3) is 0 Å². The van der Waals surface area contributed by atoms with Gasteiger partial charge in [0.15, 0.2) is 0 Å². The number of likely N-dealkylation sites (N-methyl/N-ethyl adjacent to an activating group) is 1. The van der Waals surface area contributed by atoms with Crippen LogP contribution in [0.4, 0.5) is 0 Å². The number of hydrogen-bond acceptors (Lipinski definition) is 3. The summed E-state index contributed by atoms with van der Waals surface area (Å²) in [4.78, 5) is 27.9. The molecule has 0 aliphatic heterocycles. The highest BCUT2D eigenvalue weighted by Crippen LogP contribution is 2.21. The fourth-order valence-electron chi connectivity index (χ4n) is 3.14. The second-order valence-electron chi connectivity index (χ2n) is 6.57. The Morgan fingerprint density at radius 3 is 2.57 bits per heavy atom. The Kier molecular flexibility index (Phi) is 6.34. The van der Waals surface area contributed by atoms with Crippen molar-refractivity contribution in [2.24, 2.45) is 0 Å². The summed E-state index contributed by atoms with van der Waals surface area (Å²) in [6.45, 7) is 0. The lowest BCUT2D eigenvalue weighted by molar-refractivity contribution is -0.129. The van der Waals surface area contributed by atoms with Crippen LogP contribution in [0.15, 0.2) is 54.7 Å². The number of aromatic amines is 1. The number of carbonyl (C=O) groups is 2. The van der Waals surface area contributed by atoms with E-state index in [1.165, 1.54) is 7.05 Å². The number of aliphatic hydroxyl groups excluding tert-OH is 1. The molecule has 4 N–H and O–H groups in total. The van der Waals surface area contributed by atoms with E-state index < -0.39 is 18.1 Å². The van der Waals surface area contributed by atoms with Crippen LogP contribution in [0.5, 0.6) is 0 Å². The van der Waals surface area contributed by atoms with Gasteiger partial charge < -0.3 is 20.7 Å². The minimum absolute atomic E-state index is 0.150. The summed E-state index contributed by atoms with van der Waals surface area (Å²) in [5, 5.41) is 17.2. The normalized spacial score (nSPS) is 13.1. The van der Waals surface area contributed by atoms with E-state index in [0.29, 0.717) is 17.0 Å². The van der Waals surface area contributed by atoms with E-state index >= 15 is 0 Å². The molecule has 0 bridgehead atoms. The molecule has 2 aromatic carbocycles. The van der Waals surface area contributed by atoms with Gasteiger partial charge in [-0.05, 0) is 29.3 Å². The van der Waals surface area contributed by atoms with Crippen LogP contribution in [0, 0.1) is 0 Å². The van der Waals surface area contributed by atoms with Crippen molar-refractivity contribution in [2.45, 2.75) is 25.0 Å². The number of aliphatic hydroxyl groups is 1. The molecule has 146 valence electrons.